The minimum absolute atomic E-state index is 0.0600. The van der Waals surface area contributed by atoms with Crippen LogP contribution in [0.25, 0.3) is 0 Å². The van der Waals surface area contributed by atoms with Crippen LogP contribution in [0.5, 0.6) is 0 Å². The number of carbonyl (C=O) groups is 2. The second-order valence-electron chi connectivity index (χ2n) is 4.76. The van der Waals surface area contributed by atoms with Gasteiger partial charge in [0.05, 0.1) is 17.0 Å². The largest absolute Gasteiger partial charge is 0.481 e. The van der Waals surface area contributed by atoms with E-state index in [-0.39, 0.29) is 25.6 Å². The van der Waals surface area contributed by atoms with Gasteiger partial charge in [0.1, 0.15) is 5.82 Å². The van der Waals surface area contributed by atoms with Gasteiger partial charge in [-0.1, -0.05) is 0 Å². The first kappa shape index (κ1) is 15.3. The summed E-state index contributed by atoms with van der Waals surface area (Å²) in [5.41, 5.74) is -2.03. The molecule has 0 aliphatic carbocycles. The summed E-state index contributed by atoms with van der Waals surface area (Å²) in [6.45, 7) is -0.0900. The summed E-state index contributed by atoms with van der Waals surface area (Å²) in [6, 6.07) is 1.81. The molecule has 114 valence electrons. The van der Waals surface area contributed by atoms with Crippen LogP contribution in [-0.2, 0) is 11.0 Å². The van der Waals surface area contributed by atoms with Gasteiger partial charge in [-0.15, -0.1) is 0 Å². The minimum atomic E-state index is -4.86. The molecule has 1 heterocycles. The summed E-state index contributed by atoms with van der Waals surface area (Å²) in [5.74, 6) is -3.92. The van der Waals surface area contributed by atoms with Gasteiger partial charge in [0.15, 0.2) is 0 Å². The van der Waals surface area contributed by atoms with Gasteiger partial charge in [-0.25, -0.2) is 4.39 Å². The normalized spacial score (nSPS) is 18.9. The van der Waals surface area contributed by atoms with Crippen LogP contribution in [0.3, 0.4) is 0 Å². The van der Waals surface area contributed by atoms with Crippen molar-refractivity contribution in [1.82, 2.24) is 4.90 Å². The quantitative estimate of drug-likeness (QED) is 0.854. The van der Waals surface area contributed by atoms with Crippen LogP contribution < -0.4 is 0 Å². The molecule has 1 saturated heterocycles. The molecule has 0 saturated carbocycles. The van der Waals surface area contributed by atoms with E-state index in [2.05, 4.69) is 0 Å². The molecule has 21 heavy (non-hydrogen) atoms. The summed E-state index contributed by atoms with van der Waals surface area (Å²) < 4.78 is 51.5. The molecular weight excluding hydrogens is 294 g/mol. The Labute approximate surface area is 117 Å². The maximum atomic E-state index is 13.0. The SMILES string of the molecule is O=C(O)[C@H]1CCN(C(=O)c2ccc(F)cc2C(F)(F)F)C1. The molecule has 1 N–H and O–H groups in total. The number of likely N-dealkylation sites (tertiary alicyclic amines) is 1. The summed E-state index contributed by atoms with van der Waals surface area (Å²) >= 11 is 0. The number of carbonyl (C=O) groups excluding carboxylic acids is 1. The van der Waals surface area contributed by atoms with Crippen molar-refractivity contribution in [2.24, 2.45) is 5.92 Å². The smallest absolute Gasteiger partial charge is 0.417 e. The van der Waals surface area contributed by atoms with E-state index in [1.807, 2.05) is 0 Å². The van der Waals surface area contributed by atoms with Crippen molar-refractivity contribution in [3.05, 3.63) is 35.1 Å². The average Bonchev–Trinajstić information content (AvgIpc) is 2.86. The van der Waals surface area contributed by atoms with Crippen molar-refractivity contribution in [2.45, 2.75) is 12.6 Å². The van der Waals surface area contributed by atoms with Gasteiger partial charge >= 0.3 is 12.1 Å². The van der Waals surface area contributed by atoms with Crippen molar-refractivity contribution in [2.75, 3.05) is 13.1 Å². The maximum absolute atomic E-state index is 13.0. The highest BCUT2D eigenvalue weighted by molar-refractivity contribution is 5.96. The molecule has 4 nitrogen and oxygen atoms in total. The standard InChI is InChI=1S/C13H11F4NO3/c14-8-1-2-9(10(5-8)13(15,16)17)11(19)18-4-3-7(6-18)12(20)21/h1-2,5,7H,3-4,6H2,(H,20,21)/t7-/m0/s1. The lowest BCUT2D eigenvalue weighted by molar-refractivity contribution is -0.141. The fourth-order valence-corrected chi connectivity index (χ4v) is 2.25. The molecule has 0 bridgehead atoms. The molecule has 0 aromatic heterocycles. The monoisotopic (exact) mass is 305 g/mol. The van der Waals surface area contributed by atoms with Crippen molar-refractivity contribution in [1.29, 1.82) is 0 Å². The zero-order chi connectivity index (χ0) is 15.8. The number of hydrogen-bond donors (Lipinski definition) is 1. The Kier molecular flexibility index (Phi) is 3.89. The Morgan fingerprint density at radius 3 is 2.48 bits per heavy atom. The average molecular weight is 305 g/mol. The second kappa shape index (κ2) is 5.34. The van der Waals surface area contributed by atoms with E-state index in [1.54, 1.807) is 0 Å². The molecule has 1 amide bonds. The van der Waals surface area contributed by atoms with Gasteiger partial charge in [0.2, 0.25) is 0 Å². The molecule has 0 radical (unpaired) electrons. The van der Waals surface area contributed by atoms with Crippen LogP contribution in [0.15, 0.2) is 18.2 Å². The van der Waals surface area contributed by atoms with E-state index in [1.165, 1.54) is 0 Å². The Morgan fingerprint density at radius 2 is 1.95 bits per heavy atom. The number of hydrogen-bond acceptors (Lipinski definition) is 2. The van der Waals surface area contributed by atoms with Gasteiger partial charge in [-0.05, 0) is 24.6 Å². The molecular formula is C13H11F4NO3. The summed E-state index contributed by atoms with van der Waals surface area (Å²) in [7, 11) is 0. The maximum Gasteiger partial charge on any atom is 0.417 e. The van der Waals surface area contributed by atoms with E-state index in [0.29, 0.717) is 0 Å². The number of nitrogens with zero attached hydrogens (tertiary/aromatic N) is 1. The van der Waals surface area contributed by atoms with Crippen LogP contribution in [0.2, 0.25) is 0 Å². The first-order chi connectivity index (χ1) is 9.70. The van der Waals surface area contributed by atoms with Crippen LogP contribution in [0.4, 0.5) is 17.6 Å². The molecule has 1 aliphatic rings. The Bertz CT molecular complexity index is 585. The molecule has 1 atom stereocenters. The summed E-state index contributed by atoms with van der Waals surface area (Å²) in [5, 5.41) is 8.84. The predicted octanol–water partition coefficient (Wildman–Crippen LogP) is 2.39. The molecule has 0 unspecified atom stereocenters. The third-order valence-corrected chi connectivity index (χ3v) is 3.34. The zero-order valence-electron chi connectivity index (χ0n) is 10.7. The second-order valence-corrected chi connectivity index (χ2v) is 4.76. The van der Waals surface area contributed by atoms with E-state index in [9.17, 15) is 27.2 Å². The number of alkyl halides is 3. The van der Waals surface area contributed by atoms with Gasteiger partial charge in [0, 0.05) is 13.1 Å². The number of amides is 1. The van der Waals surface area contributed by atoms with E-state index in [0.717, 1.165) is 17.0 Å². The molecule has 1 aromatic carbocycles. The van der Waals surface area contributed by atoms with Crippen molar-refractivity contribution in [3.63, 3.8) is 0 Å². The molecule has 1 aromatic rings. The lowest BCUT2D eigenvalue weighted by Crippen LogP contribution is -2.31. The fraction of sp³-hybridized carbons (Fsp3) is 0.385. The van der Waals surface area contributed by atoms with Crippen LogP contribution in [-0.4, -0.2) is 35.0 Å². The Morgan fingerprint density at radius 1 is 1.29 bits per heavy atom. The van der Waals surface area contributed by atoms with E-state index in [4.69, 9.17) is 5.11 Å². The number of aliphatic carboxylic acids is 1. The first-order valence-electron chi connectivity index (χ1n) is 6.09. The van der Waals surface area contributed by atoms with Gasteiger partial charge in [0.25, 0.3) is 5.91 Å². The van der Waals surface area contributed by atoms with E-state index < -0.39 is 40.9 Å². The van der Waals surface area contributed by atoms with Crippen molar-refractivity contribution in [3.8, 4) is 0 Å². The summed E-state index contributed by atoms with van der Waals surface area (Å²) in [4.78, 5) is 24.0. The molecule has 2 rings (SSSR count). The third-order valence-electron chi connectivity index (χ3n) is 3.34. The van der Waals surface area contributed by atoms with Crippen molar-refractivity contribution < 1.29 is 32.3 Å². The Hall–Kier alpha value is -2.12. The van der Waals surface area contributed by atoms with Crippen LogP contribution in [0.1, 0.15) is 22.3 Å². The number of benzene rings is 1. The number of rotatable bonds is 2. The highest BCUT2D eigenvalue weighted by Crippen LogP contribution is 2.33. The van der Waals surface area contributed by atoms with Crippen LogP contribution in [0, 0.1) is 11.7 Å². The minimum Gasteiger partial charge on any atom is -0.481 e. The van der Waals surface area contributed by atoms with E-state index >= 15 is 0 Å². The number of carboxylic acid groups (broad SMARTS) is 1. The number of halogens is 4. The lowest BCUT2D eigenvalue weighted by Gasteiger charge is -2.19. The molecule has 0 spiro atoms. The van der Waals surface area contributed by atoms with Gasteiger partial charge in [-0.3, -0.25) is 9.59 Å². The highest BCUT2D eigenvalue weighted by atomic mass is 19.4. The molecule has 8 heteroatoms. The van der Waals surface area contributed by atoms with Gasteiger partial charge in [-0.2, -0.15) is 13.2 Å². The zero-order valence-corrected chi connectivity index (χ0v) is 10.7. The molecule has 1 fully saturated rings. The van der Waals surface area contributed by atoms with Crippen molar-refractivity contribution >= 4 is 11.9 Å². The highest BCUT2D eigenvalue weighted by Gasteiger charge is 2.38. The van der Waals surface area contributed by atoms with Gasteiger partial charge < -0.3 is 10.0 Å². The fourth-order valence-electron chi connectivity index (χ4n) is 2.25. The number of carboxylic acids is 1. The molecule has 1 aliphatic heterocycles. The summed E-state index contributed by atoms with van der Waals surface area (Å²) in [6.07, 6.45) is -4.68. The topological polar surface area (TPSA) is 57.6 Å². The third kappa shape index (κ3) is 3.14. The predicted molar refractivity (Wildman–Crippen MR) is 63.0 cm³/mol. The van der Waals surface area contributed by atoms with Crippen LogP contribution >= 0.6 is 0 Å². The first-order valence-corrected chi connectivity index (χ1v) is 6.09. The lowest BCUT2D eigenvalue weighted by atomic mass is 10.1. The Balaban J connectivity index is 2.30.